The van der Waals surface area contributed by atoms with Crippen LogP contribution in [0.25, 0.3) is 0 Å². The number of rotatable bonds is 1. The molecule has 2 nitrogen and oxygen atoms in total. The first kappa shape index (κ1) is 10.2. The van der Waals surface area contributed by atoms with Crippen LogP contribution in [0.2, 0.25) is 0 Å². The molecule has 2 rings (SSSR count). The molecule has 1 aliphatic carbocycles. The summed E-state index contributed by atoms with van der Waals surface area (Å²) >= 11 is 0. The lowest BCUT2D eigenvalue weighted by Gasteiger charge is -2.24. The standard InChI is InChI=1S/C14H10N2/c1-3-12-7-9-14(4-2,10-8-12)13-6-5-11-15-16-13/h1-2,5-9,11H,10H2. The maximum absolute atomic E-state index is 5.61. The third-order valence-electron chi connectivity index (χ3n) is 2.64. The molecule has 0 aliphatic heterocycles. The zero-order valence-corrected chi connectivity index (χ0v) is 8.72. The van der Waals surface area contributed by atoms with Crippen molar-refractivity contribution in [1.29, 1.82) is 0 Å². The van der Waals surface area contributed by atoms with Gasteiger partial charge in [-0.15, -0.1) is 12.8 Å². The highest BCUT2D eigenvalue weighted by Crippen LogP contribution is 2.31. The Bertz CT molecular complexity index is 526. The van der Waals surface area contributed by atoms with Crippen LogP contribution in [0.15, 0.2) is 42.1 Å². The zero-order chi connectivity index (χ0) is 11.4. The Hall–Kier alpha value is -2.32. The van der Waals surface area contributed by atoms with E-state index >= 15 is 0 Å². The first-order valence-electron chi connectivity index (χ1n) is 4.93. The number of allylic oxidation sites excluding steroid dienone is 4. The maximum Gasteiger partial charge on any atom is 0.0967 e. The van der Waals surface area contributed by atoms with Crippen LogP contribution in [0.1, 0.15) is 12.1 Å². The normalized spacial score (nSPS) is 23.0. The summed E-state index contributed by atoms with van der Waals surface area (Å²) in [6, 6.07) is 3.71. The van der Waals surface area contributed by atoms with Gasteiger partial charge in [-0.05, 0) is 24.6 Å². The Morgan fingerprint density at radius 2 is 2.25 bits per heavy atom. The van der Waals surface area contributed by atoms with E-state index in [0.717, 1.165) is 11.3 Å². The second-order valence-electron chi connectivity index (χ2n) is 3.57. The van der Waals surface area contributed by atoms with Crippen molar-refractivity contribution in [2.75, 3.05) is 0 Å². The molecule has 0 aromatic carbocycles. The smallest absolute Gasteiger partial charge is 0.0967 e. The van der Waals surface area contributed by atoms with Crippen molar-refractivity contribution in [1.82, 2.24) is 10.2 Å². The van der Waals surface area contributed by atoms with Crippen molar-refractivity contribution < 1.29 is 0 Å². The molecule has 0 saturated carbocycles. The van der Waals surface area contributed by atoms with E-state index in [9.17, 15) is 0 Å². The summed E-state index contributed by atoms with van der Waals surface area (Å²) in [4.78, 5) is 0. The SMILES string of the molecule is C#CC1=CCC(C#C)(c2cccnn2)C=C1. The number of aromatic nitrogens is 2. The van der Waals surface area contributed by atoms with E-state index in [4.69, 9.17) is 12.8 Å². The molecule has 1 atom stereocenters. The minimum atomic E-state index is -0.505. The minimum absolute atomic E-state index is 0.505. The molecule has 1 aromatic rings. The second-order valence-corrected chi connectivity index (χ2v) is 3.57. The Labute approximate surface area is 95.1 Å². The highest BCUT2D eigenvalue weighted by molar-refractivity contribution is 5.47. The van der Waals surface area contributed by atoms with Crippen LogP contribution in [0, 0.1) is 24.7 Å². The number of terminal acetylenes is 2. The van der Waals surface area contributed by atoms with Gasteiger partial charge in [0, 0.05) is 11.8 Å². The lowest BCUT2D eigenvalue weighted by atomic mass is 9.78. The van der Waals surface area contributed by atoms with Crippen LogP contribution < -0.4 is 0 Å². The van der Waals surface area contributed by atoms with Crippen molar-refractivity contribution >= 4 is 0 Å². The van der Waals surface area contributed by atoms with E-state index in [1.54, 1.807) is 6.20 Å². The molecule has 76 valence electrons. The van der Waals surface area contributed by atoms with E-state index < -0.39 is 5.41 Å². The fraction of sp³-hybridized carbons (Fsp3) is 0.143. The van der Waals surface area contributed by atoms with Gasteiger partial charge in [-0.1, -0.05) is 24.0 Å². The van der Waals surface area contributed by atoms with Crippen LogP contribution in [-0.4, -0.2) is 10.2 Å². The summed E-state index contributed by atoms with van der Waals surface area (Å²) in [6.45, 7) is 0. The van der Waals surface area contributed by atoms with E-state index in [1.165, 1.54) is 0 Å². The Morgan fingerprint density at radius 1 is 1.38 bits per heavy atom. The van der Waals surface area contributed by atoms with E-state index in [1.807, 2.05) is 30.4 Å². The Balaban J connectivity index is 2.41. The minimum Gasteiger partial charge on any atom is -0.159 e. The summed E-state index contributed by atoms with van der Waals surface area (Å²) in [5.74, 6) is 5.36. The van der Waals surface area contributed by atoms with Crippen molar-refractivity contribution in [3.8, 4) is 24.7 Å². The quantitative estimate of drug-likeness (QED) is 0.655. The van der Waals surface area contributed by atoms with Gasteiger partial charge in [0.2, 0.25) is 0 Å². The van der Waals surface area contributed by atoms with Crippen LogP contribution in [-0.2, 0) is 5.41 Å². The summed E-state index contributed by atoms with van der Waals surface area (Å²) in [7, 11) is 0. The Morgan fingerprint density at radius 3 is 2.75 bits per heavy atom. The van der Waals surface area contributed by atoms with E-state index in [-0.39, 0.29) is 0 Å². The largest absolute Gasteiger partial charge is 0.159 e. The summed E-state index contributed by atoms with van der Waals surface area (Å²) in [5, 5.41) is 7.92. The van der Waals surface area contributed by atoms with Gasteiger partial charge in [0.25, 0.3) is 0 Å². The lowest BCUT2D eigenvalue weighted by Crippen LogP contribution is -2.24. The van der Waals surface area contributed by atoms with Crippen molar-refractivity contribution in [2.24, 2.45) is 0 Å². The monoisotopic (exact) mass is 206 g/mol. The molecule has 0 saturated heterocycles. The van der Waals surface area contributed by atoms with Crippen molar-refractivity contribution in [3.05, 3.63) is 47.8 Å². The van der Waals surface area contributed by atoms with Gasteiger partial charge in [0.1, 0.15) is 0 Å². The second kappa shape index (κ2) is 4.04. The van der Waals surface area contributed by atoms with E-state index in [2.05, 4.69) is 22.0 Å². The highest BCUT2D eigenvalue weighted by atomic mass is 15.1. The van der Waals surface area contributed by atoms with Gasteiger partial charge in [-0.2, -0.15) is 10.2 Å². The molecule has 1 aromatic heterocycles. The van der Waals surface area contributed by atoms with Gasteiger partial charge in [0.05, 0.1) is 11.1 Å². The predicted molar refractivity (Wildman–Crippen MR) is 63.2 cm³/mol. The first-order chi connectivity index (χ1) is 7.80. The summed E-state index contributed by atoms with van der Waals surface area (Å²) in [6.07, 6.45) is 19.0. The van der Waals surface area contributed by atoms with E-state index in [0.29, 0.717) is 6.42 Å². The molecule has 0 amide bonds. The molecule has 1 heterocycles. The number of hydrogen-bond donors (Lipinski definition) is 0. The third-order valence-corrected chi connectivity index (χ3v) is 2.64. The first-order valence-corrected chi connectivity index (χ1v) is 4.93. The topological polar surface area (TPSA) is 25.8 Å². The van der Waals surface area contributed by atoms with Crippen molar-refractivity contribution in [3.63, 3.8) is 0 Å². The fourth-order valence-corrected chi connectivity index (χ4v) is 1.66. The average Bonchev–Trinajstić information content (AvgIpc) is 2.40. The Kier molecular flexibility index (Phi) is 2.58. The molecular weight excluding hydrogens is 196 g/mol. The summed E-state index contributed by atoms with van der Waals surface area (Å²) < 4.78 is 0. The van der Waals surface area contributed by atoms with Crippen LogP contribution >= 0.6 is 0 Å². The highest BCUT2D eigenvalue weighted by Gasteiger charge is 2.29. The van der Waals surface area contributed by atoms with Crippen LogP contribution in [0.3, 0.4) is 0 Å². The molecule has 16 heavy (non-hydrogen) atoms. The molecule has 1 aliphatic rings. The van der Waals surface area contributed by atoms with Crippen LogP contribution in [0.4, 0.5) is 0 Å². The third kappa shape index (κ3) is 1.62. The van der Waals surface area contributed by atoms with Gasteiger partial charge in [0.15, 0.2) is 0 Å². The van der Waals surface area contributed by atoms with Crippen molar-refractivity contribution in [2.45, 2.75) is 11.8 Å². The molecule has 2 heteroatoms. The molecule has 0 radical (unpaired) electrons. The zero-order valence-electron chi connectivity index (χ0n) is 8.72. The van der Waals surface area contributed by atoms with Gasteiger partial charge >= 0.3 is 0 Å². The molecule has 0 fully saturated rings. The fourth-order valence-electron chi connectivity index (χ4n) is 1.66. The maximum atomic E-state index is 5.61. The molecule has 0 bridgehead atoms. The van der Waals surface area contributed by atoms with Crippen LogP contribution in [0.5, 0.6) is 0 Å². The average molecular weight is 206 g/mol. The predicted octanol–water partition coefficient (Wildman–Crippen LogP) is 1.87. The van der Waals surface area contributed by atoms with Gasteiger partial charge < -0.3 is 0 Å². The van der Waals surface area contributed by atoms with Gasteiger partial charge in [-0.3, -0.25) is 0 Å². The molecule has 0 spiro atoms. The van der Waals surface area contributed by atoms with Gasteiger partial charge in [-0.25, -0.2) is 0 Å². The summed E-state index contributed by atoms with van der Waals surface area (Å²) in [5.41, 5.74) is 1.13. The molecule has 1 unspecified atom stereocenters. The molecule has 0 N–H and O–H groups in total. The number of hydrogen-bond acceptors (Lipinski definition) is 2. The number of nitrogens with zero attached hydrogens (tertiary/aromatic N) is 2. The molecular formula is C14H10N2. The lowest BCUT2D eigenvalue weighted by molar-refractivity contribution is 0.656.